The highest BCUT2D eigenvalue weighted by molar-refractivity contribution is 5.96. The first-order valence-electron chi connectivity index (χ1n) is 7.42. The van der Waals surface area contributed by atoms with E-state index < -0.39 is 10.8 Å². The fourth-order valence-electron chi connectivity index (χ4n) is 3.39. The third-order valence-electron chi connectivity index (χ3n) is 4.60. The summed E-state index contributed by atoms with van der Waals surface area (Å²) in [5, 5.41) is 10.6. The minimum atomic E-state index is -0.529. The van der Waals surface area contributed by atoms with E-state index in [0.717, 1.165) is 12.8 Å². The zero-order chi connectivity index (χ0) is 15.7. The standard InChI is InChI=1S/C15H17N3O4/c19-14(9-5-7-10(8-6-9)18(21)22)16-17-15(20)13-11-3-1-2-4-12(11)13/h5-8,11-13H,1-4H2,(H,16,19)(H,17,20)/t11-,12-/m0/s1. The second-order valence-corrected chi connectivity index (χ2v) is 5.89. The number of nitrogens with one attached hydrogen (secondary N) is 2. The molecule has 2 aliphatic rings. The summed E-state index contributed by atoms with van der Waals surface area (Å²) in [7, 11) is 0. The number of nitrogens with zero attached hydrogens (tertiary/aromatic N) is 1. The number of hydrogen-bond donors (Lipinski definition) is 2. The molecular weight excluding hydrogens is 286 g/mol. The van der Waals surface area contributed by atoms with E-state index in [1.54, 1.807) is 0 Å². The van der Waals surface area contributed by atoms with Gasteiger partial charge < -0.3 is 0 Å². The Morgan fingerprint density at radius 2 is 1.64 bits per heavy atom. The van der Waals surface area contributed by atoms with Crippen LogP contribution in [0.5, 0.6) is 0 Å². The first kappa shape index (κ1) is 14.5. The van der Waals surface area contributed by atoms with Gasteiger partial charge in [0.1, 0.15) is 0 Å². The summed E-state index contributed by atoms with van der Waals surface area (Å²) in [5.41, 5.74) is 5.02. The fourth-order valence-corrected chi connectivity index (χ4v) is 3.39. The maximum Gasteiger partial charge on any atom is 0.269 e. The van der Waals surface area contributed by atoms with Crippen molar-refractivity contribution in [1.82, 2.24) is 10.9 Å². The lowest BCUT2D eigenvalue weighted by Gasteiger charge is -2.07. The highest BCUT2D eigenvalue weighted by Crippen LogP contribution is 2.55. The van der Waals surface area contributed by atoms with Crippen molar-refractivity contribution in [3.8, 4) is 0 Å². The van der Waals surface area contributed by atoms with Crippen molar-refractivity contribution in [2.45, 2.75) is 25.7 Å². The molecule has 2 fully saturated rings. The van der Waals surface area contributed by atoms with Gasteiger partial charge in [-0.1, -0.05) is 12.8 Å². The number of rotatable bonds is 3. The molecule has 0 aromatic heterocycles. The summed E-state index contributed by atoms with van der Waals surface area (Å²) >= 11 is 0. The number of carbonyl (C=O) groups excluding carboxylic acids is 2. The van der Waals surface area contributed by atoms with Crippen molar-refractivity contribution in [1.29, 1.82) is 0 Å². The number of hydrazine groups is 1. The van der Waals surface area contributed by atoms with Gasteiger partial charge in [-0.15, -0.1) is 0 Å². The molecular formula is C15H17N3O4. The van der Waals surface area contributed by atoms with Crippen molar-refractivity contribution < 1.29 is 14.5 Å². The van der Waals surface area contributed by atoms with Crippen molar-refractivity contribution in [3.63, 3.8) is 0 Å². The SMILES string of the molecule is O=C(NNC(=O)C1[C@H]2CCCC[C@H]12)c1ccc([N+](=O)[O-])cc1. The molecule has 1 aromatic carbocycles. The molecule has 2 aliphatic carbocycles. The fraction of sp³-hybridized carbons (Fsp3) is 0.467. The van der Waals surface area contributed by atoms with Gasteiger partial charge in [0.05, 0.1) is 4.92 Å². The third-order valence-corrected chi connectivity index (χ3v) is 4.60. The first-order chi connectivity index (χ1) is 10.6. The predicted octanol–water partition coefficient (Wildman–Crippen LogP) is 1.79. The molecule has 2 amide bonds. The summed E-state index contributed by atoms with van der Waals surface area (Å²) in [4.78, 5) is 33.9. The van der Waals surface area contributed by atoms with Crippen LogP contribution in [0.25, 0.3) is 0 Å². The number of non-ortho nitro benzene ring substituents is 1. The Morgan fingerprint density at radius 3 is 2.18 bits per heavy atom. The van der Waals surface area contributed by atoms with Gasteiger partial charge in [-0.3, -0.25) is 30.6 Å². The summed E-state index contributed by atoms with van der Waals surface area (Å²) in [6.45, 7) is 0. The second-order valence-electron chi connectivity index (χ2n) is 5.89. The van der Waals surface area contributed by atoms with Crippen LogP contribution >= 0.6 is 0 Å². The molecule has 0 heterocycles. The minimum absolute atomic E-state index is 0.0275. The maximum atomic E-state index is 12.0. The van der Waals surface area contributed by atoms with Crippen molar-refractivity contribution in [3.05, 3.63) is 39.9 Å². The van der Waals surface area contributed by atoms with Crippen LogP contribution in [0.3, 0.4) is 0 Å². The van der Waals surface area contributed by atoms with Crippen LogP contribution < -0.4 is 10.9 Å². The summed E-state index contributed by atoms with van der Waals surface area (Å²) in [5.74, 6) is 0.369. The predicted molar refractivity (Wildman–Crippen MR) is 77.6 cm³/mol. The molecule has 7 nitrogen and oxygen atoms in total. The third kappa shape index (κ3) is 2.79. The van der Waals surface area contributed by atoms with Gasteiger partial charge in [-0.05, 0) is 36.8 Å². The zero-order valence-corrected chi connectivity index (χ0v) is 12.0. The smallest absolute Gasteiger partial charge is 0.269 e. The highest BCUT2D eigenvalue weighted by Gasteiger charge is 2.54. The van der Waals surface area contributed by atoms with Crippen LogP contribution in [-0.4, -0.2) is 16.7 Å². The van der Waals surface area contributed by atoms with E-state index in [9.17, 15) is 19.7 Å². The van der Waals surface area contributed by atoms with Gasteiger partial charge in [-0.25, -0.2) is 0 Å². The number of nitro benzene ring substituents is 1. The molecule has 116 valence electrons. The zero-order valence-electron chi connectivity index (χ0n) is 12.0. The number of fused-ring (bicyclic) bond motifs is 1. The average Bonchev–Trinajstić information content (AvgIpc) is 3.27. The van der Waals surface area contributed by atoms with Gasteiger partial charge in [0.25, 0.3) is 11.6 Å². The average molecular weight is 303 g/mol. The Hall–Kier alpha value is -2.44. The molecule has 3 rings (SSSR count). The molecule has 0 spiro atoms. The monoisotopic (exact) mass is 303 g/mol. The molecule has 0 aliphatic heterocycles. The van der Waals surface area contributed by atoms with E-state index in [4.69, 9.17) is 0 Å². The van der Waals surface area contributed by atoms with Gasteiger partial charge in [0, 0.05) is 23.6 Å². The van der Waals surface area contributed by atoms with Gasteiger partial charge in [-0.2, -0.15) is 0 Å². The molecule has 2 N–H and O–H groups in total. The molecule has 1 aromatic rings. The molecule has 2 saturated carbocycles. The summed E-state index contributed by atoms with van der Waals surface area (Å²) < 4.78 is 0. The first-order valence-corrected chi connectivity index (χ1v) is 7.42. The molecule has 0 bridgehead atoms. The highest BCUT2D eigenvalue weighted by atomic mass is 16.6. The Bertz CT molecular complexity index is 602. The van der Waals surface area contributed by atoms with E-state index in [-0.39, 0.29) is 23.1 Å². The summed E-state index contributed by atoms with van der Waals surface area (Å²) in [6.07, 6.45) is 4.55. The van der Waals surface area contributed by atoms with Crippen LogP contribution in [0, 0.1) is 27.9 Å². The second kappa shape index (κ2) is 5.75. The minimum Gasteiger partial charge on any atom is -0.273 e. The summed E-state index contributed by atoms with van der Waals surface area (Å²) in [6, 6.07) is 5.23. The van der Waals surface area contributed by atoms with E-state index in [1.807, 2.05) is 0 Å². The van der Waals surface area contributed by atoms with Crippen LogP contribution in [0.15, 0.2) is 24.3 Å². The van der Waals surface area contributed by atoms with E-state index in [0.29, 0.717) is 11.8 Å². The van der Waals surface area contributed by atoms with Gasteiger partial charge in [0.15, 0.2) is 0 Å². The number of amides is 2. The van der Waals surface area contributed by atoms with Gasteiger partial charge >= 0.3 is 0 Å². The Kier molecular flexibility index (Phi) is 3.79. The van der Waals surface area contributed by atoms with E-state index >= 15 is 0 Å². The van der Waals surface area contributed by atoms with Crippen LogP contribution in [-0.2, 0) is 4.79 Å². The molecule has 0 radical (unpaired) electrons. The Balaban J connectivity index is 1.52. The number of benzene rings is 1. The lowest BCUT2D eigenvalue weighted by molar-refractivity contribution is -0.384. The van der Waals surface area contributed by atoms with Crippen LogP contribution in [0.2, 0.25) is 0 Å². The number of hydrogen-bond acceptors (Lipinski definition) is 4. The lowest BCUT2D eigenvalue weighted by Crippen LogP contribution is -2.42. The molecule has 2 atom stereocenters. The Labute approximate surface area is 127 Å². The number of nitro groups is 1. The number of carbonyl (C=O) groups is 2. The lowest BCUT2D eigenvalue weighted by atomic mass is 10.0. The van der Waals surface area contributed by atoms with Crippen LogP contribution in [0.1, 0.15) is 36.0 Å². The quantitative estimate of drug-likeness (QED) is 0.656. The molecule has 7 heteroatoms. The van der Waals surface area contributed by atoms with Gasteiger partial charge in [0.2, 0.25) is 5.91 Å². The molecule has 22 heavy (non-hydrogen) atoms. The molecule has 0 unspecified atom stereocenters. The largest absolute Gasteiger partial charge is 0.273 e. The Morgan fingerprint density at radius 1 is 1.05 bits per heavy atom. The van der Waals surface area contributed by atoms with Crippen molar-refractivity contribution in [2.75, 3.05) is 0 Å². The molecule has 0 saturated heterocycles. The van der Waals surface area contributed by atoms with E-state index in [2.05, 4.69) is 10.9 Å². The van der Waals surface area contributed by atoms with E-state index in [1.165, 1.54) is 37.1 Å². The van der Waals surface area contributed by atoms with Crippen LogP contribution in [0.4, 0.5) is 5.69 Å². The van der Waals surface area contributed by atoms with Crippen molar-refractivity contribution >= 4 is 17.5 Å². The van der Waals surface area contributed by atoms with Crippen molar-refractivity contribution in [2.24, 2.45) is 17.8 Å². The normalized spacial score (nSPS) is 25.7. The maximum absolute atomic E-state index is 12.0. The topological polar surface area (TPSA) is 101 Å².